The fraction of sp³-hybridized carbons (Fsp3) is 0.471. The first-order valence-electron chi connectivity index (χ1n) is 7.76. The van der Waals surface area contributed by atoms with Crippen molar-refractivity contribution in [3.63, 3.8) is 0 Å². The largest absolute Gasteiger partial charge is 0.449 e. The number of hydrogen-bond acceptors (Lipinski definition) is 4. The van der Waals surface area contributed by atoms with Crippen LogP contribution in [0.4, 0.5) is 8.78 Å². The van der Waals surface area contributed by atoms with Crippen molar-refractivity contribution < 1.29 is 23.1 Å². The summed E-state index contributed by atoms with van der Waals surface area (Å²) in [5.74, 6) is -3.56. The lowest BCUT2D eigenvalue weighted by molar-refractivity contribution is -0.130. The van der Waals surface area contributed by atoms with Crippen molar-refractivity contribution in [1.82, 2.24) is 5.32 Å². The van der Waals surface area contributed by atoms with Gasteiger partial charge < -0.3 is 10.1 Å². The van der Waals surface area contributed by atoms with Crippen molar-refractivity contribution in [3.05, 3.63) is 35.4 Å². The van der Waals surface area contributed by atoms with E-state index in [1.165, 1.54) is 6.92 Å². The molecule has 0 spiro atoms. The first-order chi connectivity index (χ1) is 11.4. The minimum Gasteiger partial charge on any atom is -0.449 e. The Morgan fingerprint density at radius 2 is 1.96 bits per heavy atom. The molecular formula is C17H18F2N2O3. The van der Waals surface area contributed by atoms with Gasteiger partial charge in [0.15, 0.2) is 6.10 Å². The number of amides is 1. The van der Waals surface area contributed by atoms with Crippen LogP contribution in [0.15, 0.2) is 18.2 Å². The maximum atomic E-state index is 13.6. The predicted octanol–water partition coefficient (Wildman–Crippen LogP) is 2.85. The zero-order valence-electron chi connectivity index (χ0n) is 13.3. The summed E-state index contributed by atoms with van der Waals surface area (Å²) in [6, 6.07) is 4.57. The number of benzene rings is 1. The van der Waals surface area contributed by atoms with Crippen LogP contribution < -0.4 is 5.32 Å². The number of esters is 1. The Bertz CT molecular complexity index is 679. The van der Waals surface area contributed by atoms with Gasteiger partial charge in [-0.1, -0.05) is 19.3 Å². The second-order valence-electron chi connectivity index (χ2n) is 5.92. The molecule has 1 aliphatic carbocycles. The number of nitrogens with one attached hydrogen (secondary N) is 1. The first-order valence-corrected chi connectivity index (χ1v) is 7.76. The Morgan fingerprint density at radius 1 is 1.29 bits per heavy atom. The highest BCUT2D eigenvalue weighted by molar-refractivity contribution is 5.92. The summed E-state index contributed by atoms with van der Waals surface area (Å²) in [6.07, 6.45) is 2.57. The Morgan fingerprint density at radius 3 is 2.54 bits per heavy atom. The average molecular weight is 336 g/mol. The van der Waals surface area contributed by atoms with Crippen molar-refractivity contribution in [3.8, 4) is 6.07 Å². The van der Waals surface area contributed by atoms with Gasteiger partial charge in [-0.2, -0.15) is 5.26 Å². The topological polar surface area (TPSA) is 79.2 Å². The van der Waals surface area contributed by atoms with Crippen molar-refractivity contribution >= 4 is 11.9 Å². The number of nitrogens with zero attached hydrogens (tertiary/aromatic N) is 1. The van der Waals surface area contributed by atoms with E-state index in [-0.39, 0.29) is 0 Å². The second-order valence-corrected chi connectivity index (χ2v) is 5.92. The molecule has 1 N–H and O–H groups in total. The number of hydrogen-bond donors (Lipinski definition) is 1. The van der Waals surface area contributed by atoms with E-state index in [0.29, 0.717) is 18.9 Å². The monoisotopic (exact) mass is 336 g/mol. The van der Waals surface area contributed by atoms with Gasteiger partial charge in [0.05, 0.1) is 11.6 Å². The maximum absolute atomic E-state index is 13.6. The Labute approximate surface area is 138 Å². The zero-order valence-corrected chi connectivity index (χ0v) is 13.3. The molecule has 1 aromatic rings. The van der Waals surface area contributed by atoms with Gasteiger partial charge in [0.2, 0.25) is 0 Å². The number of carbonyl (C=O) groups is 2. The van der Waals surface area contributed by atoms with Gasteiger partial charge in [0.25, 0.3) is 5.91 Å². The SMILES string of the molecule is C[C@H](OC(=O)c1ccc(F)cc1F)C(=O)NC1(C#N)CCCCC1. The molecule has 0 radical (unpaired) electrons. The molecule has 1 saturated carbocycles. The van der Waals surface area contributed by atoms with Gasteiger partial charge >= 0.3 is 5.97 Å². The van der Waals surface area contributed by atoms with Crippen LogP contribution >= 0.6 is 0 Å². The molecule has 0 aliphatic heterocycles. The van der Waals surface area contributed by atoms with E-state index in [9.17, 15) is 23.6 Å². The zero-order chi connectivity index (χ0) is 17.7. The molecule has 0 bridgehead atoms. The summed E-state index contributed by atoms with van der Waals surface area (Å²) in [4.78, 5) is 24.1. The second kappa shape index (κ2) is 7.39. The molecule has 2 rings (SSSR count). The van der Waals surface area contributed by atoms with E-state index in [2.05, 4.69) is 11.4 Å². The van der Waals surface area contributed by atoms with Gasteiger partial charge in [0, 0.05) is 6.07 Å². The highest BCUT2D eigenvalue weighted by Crippen LogP contribution is 2.27. The van der Waals surface area contributed by atoms with Crippen LogP contribution in [0.5, 0.6) is 0 Å². The molecule has 1 atom stereocenters. The lowest BCUT2D eigenvalue weighted by atomic mass is 9.83. The van der Waals surface area contributed by atoms with Gasteiger partial charge in [-0.25, -0.2) is 13.6 Å². The molecule has 1 aliphatic rings. The van der Waals surface area contributed by atoms with E-state index in [4.69, 9.17) is 4.74 Å². The third-order valence-electron chi connectivity index (χ3n) is 4.09. The molecular weight excluding hydrogens is 318 g/mol. The molecule has 1 fully saturated rings. The number of carbonyl (C=O) groups excluding carboxylic acids is 2. The number of rotatable bonds is 4. The van der Waals surface area contributed by atoms with Crippen molar-refractivity contribution in [1.29, 1.82) is 5.26 Å². The Balaban J connectivity index is 2.00. The van der Waals surface area contributed by atoms with Crippen molar-refractivity contribution in [2.45, 2.75) is 50.7 Å². The molecule has 0 aromatic heterocycles. The molecule has 0 heterocycles. The minimum absolute atomic E-state index is 0.455. The standard InChI is InChI=1S/C17H18F2N2O3/c1-11(15(22)21-17(10-20)7-3-2-4-8-17)24-16(23)13-6-5-12(18)9-14(13)19/h5-6,9,11H,2-4,7-8H2,1H3,(H,21,22)/t11-/m0/s1. The van der Waals surface area contributed by atoms with Gasteiger partial charge in [0.1, 0.15) is 17.2 Å². The van der Waals surface area contributed by atoms with Crippen LogP contribution in [0.25, 0.3) is 0 Å². The predicted molar refractivity (Wildman–Crippen MR) is 80.8 cm³/mol. The Hall–Kier alpha value is -2.49. The number of nitriles is 1. The quantitative estimate of drug-likeness (QED) is 0.858. The van der Waals surface area contributed by atoms with Gasteiger partial charge in [-0.3, -0.25) is 4.79 Å². The van der Waals surface area contributed by atoms with E-state index < -0.39 is 40.7 Å². The molecule has 0 saturated heterocycles. The molecule has 0 unspecified atom stereocenters. The molecule has 1 amide bonds. The average Bonchev–Trinajstić information content (AvgIpc) is 2.55. The highest BCUT2D eigenvalue weighted by atomic mass is 19.1. The van der Waals surface area contributed by atoms with E-state index >= 15 is 0 Å². The van der Waals surface area contributed by atoms with Crippen molar-refractivity contribution in [2.24, 2.45) is 0 Å². The lowest BCUT2D eigenvalue weighted by Gasteiger charge is -2.32. The van der Waals surface area contributed by atoms with Crippen LogP contribution in [0.1, 0.15) is 49.4 Å². The summed E-state index contributed by atoms with van der Waals surface area (Å²) < 4.78 is 31.3. The molecule has 128 valence electrons. The van der Waals surface area contributed by atoms with Crippen LogP contribution in [0, 0.1) is 23.0 Å². The van der Waals surface area contributed by atoms with Crippen LogP contribution in [0.3, 0.4) is 0 Å². The van der Waals surface area contributed by atoms with Gasteiger partial charge in [-0.15, -0.1) is 0 Å². The molecule has 1 aromatic carbocycles. The van der Waals surface area contributed by atoms with E-state index in [1.807, 2.05) is 0 Å². The number of ether oxygens (including phenoxy) is 1. The molecule has 5 nitrogen and oxygen atoms in total. The molecule has 24 heavy (non-hydrogen) atoms. The fourth-order valence-corrected chi connectivity index (χ4v) is 2.69. The smallest absolute Gasteiger partial charge is 0.341 e. The number of halogens is 2. The summed E-state index contributed by atoms with van der Waals surface area (Å²) in [5, 5.41) is 12.0. The maximum Gasteiger partial charge on any atom is 0.341 e. The summed E-state index contributed by atoms with van der Waals surface area (Å²) in [5.41, 5.74) is -1.40. The summed E-state index contributed by atoms with van der Waals surface area (Å²) in [6.45, 7) is 1.34. The van der Waals surface area contributed by atoms with E-state index in [0.717, 1.165) is 31.4 Å². The van der Waals surface area contributed by atoms with Crippen molar-refractivity contribution in [2.75, 3.05) is 0 Å². The lowest BCUT2D eigenvalue weighted by Crippen LogP contribution is -2.52. The summed E-state index contributed by atoms with van der Waals surface area (Å²) in [7, 11) is 0. The highest BCUT2D eigenvalue weighted by Gasteiger charge is 2.35. The summed E-state index contributed by atoms with van der Waals surface area (Å²) >= 11 is 0. The normalized spacial score (nSPS) is 17.4. The third-order valence-corrected chi connectivity index (χ3v) is 4.09. The molecule has 7 heteroatoms. The van der Waals surface area contributed by atoms with Crippen LogP contribution in [-0.4, -0.2) is 23.5 Å². The van der Waals surface area contributed by atoms with E-state index in [1.54, 1.807) is 0 Å². The minimum atomic E-state index is -1.20. The third kappa shape index (κ3) is 4.07. The van der Waals surface area contributed by atoms with Crippen LogP contribution in [0.2, 0.25) is 0 Å². The first kappa shape index (κ1) is 17.9. The van der Waals surface area contributed by atoms with Gasteiger partial charge in [-0.05, 0) is 31.9 Å². The Kier molecular flexibility index (Phi) is 5.50. The van der Waals surface area contributed by atoms with Crippen LogP contribution in [-0.2, 0) is 9.53 Å². The fourth-order valence-electron chi connectivity index (χ4n) is 2.69.